The normalized spacial score (nSPS) is 13.2. The molecule has 0 aliphatic rings. The van der Waals surface area contributed by atoms with Gasteiger partial charge in [0, 0.05) is 0 Å². The van der Waals surface area contributed by atoms with Crippen LogP contribution < -0.4 is 29.6 Å². The summed E-state index contributed by atoms with van der Waals surface area (Å²) in [6.45, 7) is 5.24. The molecule has 0 spiro atoms. The summed E-state index contributed by atoms with van der Waals surface area (Å²) < 4.78 is 31.3. The van der Waals surface area contributed by atoms with Crippen molar-refractivity contribution in [2.45, 2.75) is 31.4 Å². The maximum absolute atomic E-state index is 10.4. The minimum Gasteiger partial charge on any atom is -0.747 e. The van der Waals surface area contributed by atoms with Crippen LogP contribution in [0.25, 0.3) is 0 Å². The average molecular weight is 200 g/mol. The zero-order chi connectivity index (χ0) is 8.91. The summed E-state index contributed by atoms with van der Waals surface area (Å²) >= 11 is 0. The fraction of sp³-hybridized carbons (Fsp3) is 0.714. The van der Waals surface area contributed by atoms with Crippen LogP contribution in [0.2, 0.25) is 0 Å². The molecule has 0 fully saturated rings. The van der Waals surface area contributed by atoms with Crippen LogP contribution in [0.5, 0.6) is 0 Å². The molecule has 0 bridgehead atoms. The van der Waals surface area contributed by atoms with Crippen molar-refractivity contribution in [1.82, 2.24) is 0 Å². The van der Waals surface area contributed by atoms with Gasteiger partial charge in [-0.2, -0.15) is 0 Å². The van der Waals surface area contributed by atoms with Crippen molar-refractivity contribution in [1.29, 1.82) is 0 Å². The van der Waals surface area contributed by atoms with Crippen molar-refractivity contribution in [2.75, 3.05) is 0 Å². The summed E-state index contributed by atoms with van der Waals surface area (Å²) in [7, 11) is -4.16. The molecule has 0 heterocycles. The second-order valence-corrected chi connectivity index (χ2v) is 4.00. The summed E-state index contributed by atoms with van der Waals surface area (Å²) in [6, 6.07) is 0. The van der Waals surface area contributed by atoms with E-state index in [-0.39, 0.29) is 29.6 Å². The van der Waals surface area contributed by atoms with E-state index in [1.807, 2.05) is 6.92 Å². The number of unbranched alkanes of at least 4 members (excludes halogenated alkanes) is 1. The van der Waals surface area contributed by atoms with E-state index in [0.29, 0.717) is 6.42 Å². The zero-order valence-electron chi connectivity index (χ0n) is 7.62. The van der Waals surface area contributed by atoms with E-state index in [1.165, 1.54) is 6.08 Å². The molecule has 12 heavy (non-hydrogen) atoms. The Labute approximate surface area is 96.3 Å². The number of rotatable bonds is 5. The van der Waals surface area contributed by atoms with E-state index in [9.17, 15) is 13.0 Å². The standard InChI is InChI=1S/C7H14O3S.Na/c1-3-5-6-7(4-2)11(8,9)10;/h4,7H,2-3,5-6H2,1H3,(H,8,9,10);/q;+1/p-1. The first kappa shape index (κ1) is 15.1. The largest absolute Gasteiger partial charge is 1.00 e. The molecule has 0 rings (SSSR count). The zero-order valence-corrected chi connectivity index (χ0v) is 10.4. The van der Waals surface area contributed by atoms with Crippen LogP contribution in [0.15, 0.2) is 12.7 Å². The fourth-order valence-corrected chi connectivity index (χ4v) is 1.48. The van der Waals surface area contributed by atoms with Crippen LogP contribution in [0, 0.1) is 0 Å². The Bertz CT molecular complexity index is 211. The minimum atomic E-state index is -4.16. The molecule has 0 N–H and O–H groups in total. The molecule has 0 amide bonds. The maximum Gasteiger partial charge on any atom is 1.00 e. The van der Waals surface area contributed by atoms with Gasteiger partial charge >= 0.3 is 29.6 Å². The third kappa shape index (κ3) is 6.20. The Kier molecular flexibility index (Phi) is 8.95. The molecule has 5 heteroatoms. The van der Waals surface area contributed by atoms with E-state index in [4.69, 9.17) is 0 Å². The van der Waals surface area contributed by atoms with Gasteiger partial charge in [0.15, 0.2) is 0 Å². The van der Waals surface area contributed by atoms with Crippen molar-refractivity contribution < 1.29 is 42.5 Å². The SMILES string of the molecule is C=CC(CCCC)S(=O)(=O)[O-].[Na+]. The smallest absolute Gasteiger partial charge is 0.747 e. The van der Waals surface area contributed by atoms with Gasteiger partial charge in [0.2, 0.25) is 0 Å². The molecule has 66 valence electrons. The molecule has 0 aromatic carbocycles. The van der Waals surface area contributed by atoms with Gasteiger partial charge in [-0.3, -0.25) is 0 Å². The molecule has 0 aromatic heterocycles. The molecule has 0 radical (unpaired) electrons. The van der Waals surface area contributed by atoms with Crippen LogP contribution in [-0.4, -0.2) is 18.2 Å². The van der Waals surface area contributed by atoms with Crippen LogP contribution in [0.1, 0.15) is 26.2 Å². The van der Waals surface area contributed by atoms with Gasteiger partial charge in [-0.1, -0.05) is 25.8 Å². The van der Waals surface area contributed by atoms with Gasteiger partial charge in [0.1, 0.15) is 10.1 Å². The summed E-state index contributed by atoms with van der Waals surface area (Å²) in [6.07, 6.45) is 3.24. The van der Waals surface area contributed by atoms with Crippen molar-refractivity contribution >= 4 is 10.1 Å². The maximum atomic E-state index is 10.4. The third-order valence-corrected chi connectivity index (χ3v) is 2.65. The Morgan fingerprint density at radius 3 is 2.33 bits per heavy atom. The van der Waals surface area contributed by atoms with E-state index in [2.05, 4.69) is 6.58 Å². The van der Waals surface area contributed by atoms with Crippen molar-refractivity contribution in [3.05, 3.63) is 12.7 Å². The Morgan fingerprint density at radius 2 is 2.08 bits per heavy atom. The molecule has 0 aliphatic heterocycles. The van der Waals surface area contributed by atoms with E-state index in [1.54, 1.807) is 0 Å². The topological polar surface area (TPSA) is 57.2 Å². The second kappa shape index (κ2) is 7.09. The number of hydrogen-bond acceptors (Lipinski definition) is 3. The fourth-order valence-electron chi connectivity index (χ4n) is 0.785. The first-order valence-corrected chi connectivity index (χ1v) is 5.06. The Morgan fingerprint density at radius 1 is 1.58 bits per heavy atom. The molecule has 1 unspecified atom stereocenters. The first-order chi connectivity index (χ1) is 5.02. The molecule has 0 saturated carbocycles. The molecule has 3 nitrogen and oxygen atoms in total. The van der Waals surface area contributed by atoms with Crippen LogP contribution in [0.3, 0.4) is 0 Å². The van der Waals surface area contributed by atoms with Gasteiger partial charge in [0.05, 0.1) is 5.25 Å². The number of hydrogen-bond donors (Lipinski definition) is 0. The van der Waals surface area contributed by atoms with Crippen molar-refractivity contribution in [2.24, 2.45) is 0 Å². The molecule has 1 atom stereocenters. The summed E-state index contributed by atoms with van der Waals surface area (Å²) in [5.41, 5.74) is 0. The van der Waals surface area contributed by atoms with Crippen LogP contribution >= 0.6 is 0 Å². The van der Waals surface area contributed by atoms with Crippen molar-refractivity contribution in [3.8, 4) is 0 Å². The quantitative estimate of drug-likeness (QED) is 0.301. The first-order valence-electron chi connectivity index (χ1n) is 3.59. The minimum absolute atomic E-state index is 0. The Hall–Kier alpha value is 0.650. The van der Waals surface area contributed by atoms with E-state index < -0.39 is 15.4 Å². The molecule has 0 aliphatic carbocycles. The predicted octanol–water partition coefficient (Wildman–Crippen LogP) is -1.72. The molecule has 0 saturated heterocycles. The Balaban J connectivity index is 0. The van der Waals surface area contributed by atoms with E-state index >= 15 is 0 Å². The third-order valence-electron chi connectivity index (χ3n) is 1.48. The van der Waals surface area contributed by atoms with Crippen molar-refractivity contribution in [3.63, 3.8) is 0 Å². The second-order valence-electron chi connectivity index (χ2n) is 2.41. The van der Waals surface area contributed by atoms with Gasteiger partial charge in [-0.05, 0) is 6.42 Å². The summed E-state index contributed by atoms with van der Waals surface area (Å²) in [5.74, 6) is 0. The van der Waals surface area contributed by atoms with Gasteiger partial charge in [-0.15, -0.1) is 6.58 Å². The summed E-state index contributed by atoms with van der Waals surface area (Å²) in [5, 5.41) is -0.901. The van der Waals surface area contributed by atoms with Gasteiger partial charge < -0.3 is 4.55 Å². The average Bonchev–Trinajstić information content (AvgIpc) is 1.87. The van der Waals surface area contributed by atoms with Crippen LogP contribution in [0.4, 0.5) is 0 Å². The monoisotopic (exact) mass is 200 g/mol. The molecular formula is C7H13NaO3S. The van der Waals surface area contributed by atoms with Gasteiger partial charge in [-0.25, -0.2) is 8.42 Å². The van der Waals surface area contributed by atoms with Crippen LogP contribution in [-0.2, 0) is 10.1 Å². The molecular weight excluding hydrogens is 187 g/mol. The van der Waals surface area contributed by atoms with E-state index in [0.717, 1.165) is 12.8 Å². The predicted molar refractivity (Wildman–Crippen MR) is 43.2 cm³/mol. The molecule has 0 aromatic rings. The summed E-state index contributed by atoms with van der Waals surface area (Å²) in [4.78, 5) is 0. The van der Waals surface area contributed by atoms with Gasteiger partial charge in [0.25, 0.3) is 0 Å².